The summed E-state index contributed by atoms with van der Waals surface area (Å²) < 4.78 is 0. The van der Waals surface area contributed by atoms with E-state index in [9.17, 15) is 0 Å². The Bertz CT molecular complexity index is 738. The molecule has 24 heavy (non-hydrogen) atoms. The smallest absolute Gasteiger partial charge is 0.134 e. The molecular formula is C18H24N6. The second-order valence-corrected chi connectivity index (χ2v) is 6.29. The molecule has 0 saturated carbocycles. The van der Waals surface area contributed by atoms with E-state index in [-0.39, 0.29) is 0 Å². The van der Waals surface area contributed by atoms with Crippen molar-refractivity contribution in [2.24, 2.45) is 4.99 Å². The summed E-state index contributed by atoms with van der Waals surface area (Å²) in [6.45, 7) is 4.55. The molecule has 2 aromatic rings. The Kier molecular flexibility index (Phi) is 5.05. The number of hydrogen-bond acceptors (Lipinski definition) is 6. The zero-order valence-corrected chi connectivity index (χ0v) is 14.5. The molecule has 0 amide bonds. The van der Waals surface area contributed by atoms with E-state index in [1.54, 1.807) is 6.20 Å². The molecule has 3 rings (SSSR count). The Morgan fingerprint density at radius 3 is 2.88 bits per heavy atom. The summed E-state index contributed by atoms with van der Waals surface area (Å²) in [7, 11) is 4.13. The number of rotatable bonds is 6. The first-order chi connectivity index (χ1) is 11.6. The minimum absolute atomic E-state index is 0.690. The van der Waals surface area contributed by atoms with Gasteiger partial charge in [0.2, 0.25) is 0 Å². The highest BCUT2D eigenvalue weighted by molar-refractivity contribution is 5.70. The predicted octanol–water partition coefficient (Wildman–Crippen LogP) is 2.63. The largest absolute Gasteiger partial charge is 0.368 e. The maximum Gasteiger partial charge on any atom is 0.134 e. The maximum atomic E-state index is 4.75. The van der Waals surface area contributed by atoms with Crippen molar-refractivity contribution >= 4 is 23.7 Å². The minimum Gasteiger partial charge on any atom is -0.368 e. The first kappa shape index (κ1) is 16.4. The quantitative estimate of drug-likeness (QED) is 0.855. The molecule has 0 fully saturated rings. The van der Waals surface area contributed by atoms with Crippen molar-refractivity contribution in [3.8, 4) is 0 Å². The van der Waals surface area contributed by atoms with Crippen LogP contribution in [-0.4, -0.2) is 48.3 Å². The van der Waals surface area contributed by atoms with Gasteiger partial charge in [0.05, 0.1) is 6.54 Å². The van der Waals surface area contributed by atoms with Crippen molar-refractivity contribution in [1.82, 2.24) is 14.9 Å². The molecule has 1 aliphatic rings. The van der Waals surface area contributed by atoms with Crippen LogP contribution in [0.3, 0.4) is 0 Å². The number of anilines is 3. The number of hydrogen-bond donors (Lipinski definition) is 2. The highest BCUT2D eigenvalue weighted by Crippen LogP contribution is 2.26. The van der Waals surface area contributed by atoms with Gasteiger partial charge in [0.25, 0.3) is 0 Å². The van der Waals surface area contributed by atoms with Crippen molar-refractivity contribution in [2.45, 2.75) is 19.9 Å². The van der Waals surface area contributed by atoms with Crippen LogP contribution in [0.4, 0.5) is 17.5 Å². The summed E-state index contributed by atoms with van der Waals surface area (Å²) in [5, 5.41) is 6.77. The lowest BCUT2D eigenvalue weighted by Gasteiger charge is -2.19. The third-order valence-electron chi connectivity index (χ3n) is 3.93. The summed E-state index contributed by atoms with van der Waals surface area (Å²) in [6, 6.07) is 6.10. The van der Waals surface area contributed by atoms with E-state index in [1.807, 2.05) is 18.3 Å². The van der Waals surface area contributed by atoms with Gasteiger partial charge < -0.3 is 15.5 Å². The van der Waals surface area contributed by atoms with Gasteiger partial charge in [-0.3, -0.25) is 4.99 Å². The first-order valence-electron chi connectivity index (χ1n) is 8.21. The lowest BCUT2D eigenvalue weighted by molar-refractivity contribution is 0.425. The van der Waals surface area contributed by atoms with Gasteiger partial charge in [0.15, 0.2) is 0 Å². The number of fused-ring (bicyclic) bond motifs is 1. The minimum atomic E-state index is 0.690. The maximum absolute atomic E-state index is 4.75. The van der Waals surface area contributed by atoms with Crippen LogP contribution in [0.5, 0.6) is 0 Å². The standard InChI is InChI=1S/C18H24N6/c1-13-4-7-20-16(10-13)22-17-11-14-5-6-19-12-15(14)18(23-17)21-8-9-24(2)3/h4,6-7,10-11H,5,8-9,12H2,1-3H3,(H2,20,21,22,23). The third-order valence-corrected chi connectivity index (χ3v) is 3.93. The van der Waals surface area contributed by atoms with Gasteiger partial charge in [-0.25, -0.2) is 9.97 Å². The number of nitrogens with one attached hydrogen (secondary N) is 2. The third kappa shape index (κ3) is 4.08. The Morgan fingerprint density at radius 2 is 2.08 bits per heavy atom. The predicted molar refractivity (Wildman–Crippen MR) is 99.4 cm³/mol. The molecular weight excluding hydrogens is 300 g/mol. The zero-order valence-electron chi connectivity index (χ0n) is 14.5. The molecule has 0 bridgehead atoms. The van der Waals surface area contributed by atoms with E-state index in [2.05, 4.69) is 52.6 Å². The lowest BCUT2D eigenvalue weighted by atomic mass is 10.0. The van der Waals surface area contributed by atoms with Gasteiger partial charge in [0.1, 0.15) is 17.5 Å². The van der Waals surface area contributed by atoms with Crippen LogP contribution in [0.15, 0.2) is 29.4 Å². The molecule has 0 spiro atoms. The number of aryl methyl sites for hydroxylation is 1. The Morgan fingerprint density at radius 1 is 1.21 bits per heavy atom. The number of pyridine rings is 2. The summed E-state index contributed by atoms with van der Waals surface area (Å²) >= 11 is 0. The normalized spacial score (nSPS) is 13.0. The number of nitrogens with zero attached hydrogens (tertiary/aromatic N) is 4. The van der Waals surface area contributed by atoms with Gasteiger partial charge in [-0.1, -0.05) is 0 Å². The molecule has 2 aromatic heterocycles. The fourth-order valence-corrected chi connectivity index (χ4v) is 2.65. The molecule has 0 unspecified atom stereocenters. The van der Waals surface area contributed by atoms with E-state index >= 15 is 0 Å². The summed E-state index contributed by atoms with van der Waals surface area (Å²) in [4.78, 5) is 15.7. The van der Waals surface area contributed by atoms with E-state index in [1.165, 1.54) is 16.7 Å². The van der Waals surface area contributed by atoms with Crippen molar-refractivity contribution < 1.29 is 0 Å². The highest BCUT2D eigenvalue weighted by Gasteiger charge is 2.14. The fourth-order valence-electron chi connectivity index (χ4n) is 2.65. The topological polar surface area (TPSA) is 65.4 Å². The molecule has 6 heteroatoms. The molecule has 126 valence electrons. The second kappa shape index (κ2) is 7.40. The van der Waals surface area contributed by atoms with Crippen molar-refractivity contribution in [1.29, 1.82) is 0 Å². The molecule has 3 heterocycles. The Labute approximate surface area is 143 Å². The van der Waals surface area contributed by atoms with Crippen molar-refractivity contribution in [3.05, 3.63) is 41.1 Å². The average Bonchev–Trinajstić information content (AvgIpc) is 2.54. The van der Waals surface area contributed by atoms with Crippen LogP contribution in [0.1, 0.15) is 16.7 Å². The Hall–Kier alpha value is -2.47. The van der Waals surface area contributed by atoms with Gasteiger partial charge in [-0.05, 0) is 50.3 Å². The molecule has 6 nitrogen and oxygen atoms in total. The van der Waals surface area contributed by atoms with Crippen LogP contribution in [0, 0.1) is 6.92 Å². The van der Waals surface area contributed by atoms with Crippen molar-refractivity contribution in [2.75, 3.05) is 37.8 Å². The Balaban J connectivity index is 1.84. The number of aromatic nitrogens is 2. The van der Waals surface area contributed by atoms with Crippen molar-refractivity contribution in [3.63, 3.8) is 0 Å². The summed E-state index contributed by atoms with van der Waals surface area (Å²) in [5.41, 5.74) is 3.63. The zero-order chi connectivity index (χ0) is 16.9. The average molecular weight is 324 g/mol. The first-order valence-corrected chi connectivity index (χ1v) is 8.21. The second-order valence-electron chi connectivity index (χ2n) is 6.29. The van der Waals surface area contributed by atoms with Crippen LogP contribution >= 0.6 is 0 Å². The molecule has 0 aliphatic carbocycles. The van der Waals surface area contributed by atoms with Crippen LogP contribution in [-0.2, 0) is 13.0 Å². The van der Waals surface area contributed by atoms with Gasteiger partial charge in [0, 0.05) is 37.5 Å². The molecule has 0 radical (unpaired) electrons. The monoisotopic (exact) mass is 324 g/mol. The van der Waals surface area contributed by atoms with E-state index in [0.29, 0.717) is 6.54 Å². The van der Waals surface area contributed by atoms with Crippen LogP contribution in [0.2, 0.25) is 0 Å². The van der Waals surface area contributed by atoms with Crippen LogP contribution < -0.4 is 10.6 Å². The van der Waals surface area contributed by atoms with Gasteiger partial charge in [-0.2, -0.15) is 0 Å². The summed E-state index contributed by atoms with van der Waals surface area (Å²) in [6.07, 6.45) is 4.62. The van der Waals surface area contributed by atoms with Gasteiger partial charge >= 0.3 is 0 Å². The molecule has 0 aromatic carbocycles. The summed E-state index contributed by atoms with van der Waals surface area (Å²) in [5.74, 6) is 2.54. The molecule has 2 N–H and O–H groups in total. The molecule has 1 aliphatic heterocycles. The van der Waals surface area contributed by atoms with Crippen LogP contribution in [0.25, 0.3) is 0 Å². The number of aliphatic imine (C=N–C) groups is 1. The fraction of sp³-hybridized carbons (Fsp3) is 0.389. The van der Waals surface area contributed by atoms with E-state index in [0.717, 1.165) is 37.0 Å². The lowest BCUT2D eigenvalue weighted by Crippen LogP contribution is -2.22. The van der Waals surface area contributed by atoms with Gasteiger partial charge in [-0.15, -0.1) is 0 Å². The SMILES string of the molecule is Cc1ccnc(Nc2cc3c(c(NCCN(C)C)n2)CN=CC3)c1. The number of likely N-dealkylation sites (N-methyl/N-ethyl adjacent to an activating group) is 1. The van der Waals surface area contributed by atoms with E-state index in [4.69, 9.17) is 4.98 Å². The van der Waals surface area contributed by atoms with E-state index < -0.39 is 0 Å². The molecule has 0 saturated heterocycles. The molecule has 0 atom stereocenters. The highest BCUT2D eigenvalue weighted by atomic mass is 15.1.